The number of nitrogens with two attached hydrogens (primary N) is 1. The molecular weight excluding hydrogens is 448 g/mol. The maximum atomic E-state index is 12.1. The second-order valence-corrected chi connectivity index (χ2v) is 9.26. The number of nitrogens with one attached hydrogen (secondary N) is 2. The van der Waals surface area contributed by atoms with Gasteiger partial charge in [-0.25, -0.2) is 18.5 Å². The highest BCUT2D eigenvalue weighted by Gasteiger charge is 2.10. The number of thiazole rings is 1. The number of carbonyl (C=O) groups excluding carboxylic acids is 2. The number of primary sulfonamides is 1. The Morgan fingerprint density at radius 2 is 1.78 bits per heavy atom. The highest BCUT2D eigenvalue weighted by atomic mass is 32.2. The van der Waals surface area contributed by atoms with Gasteiger partial charge in [-0.3, -0.25) is 14.9 Å². The molecule has 0 atom stereocenters. The van der Waals surface area contributed by atoms with Crippen LogP contribution in [0.3, 0.4) is 0 Å². The molecule has 2 amide bonds. The van der Waals surface area contributed by atoms with Crippen molar-refractivity contribution < 1.29 is 18.0 Å². The van der Waals surface area contributed by atoms with Gasteiger partial charge >= 0.3 is 0 Å². The minimum absolute atomic E-state index is 0.0484. The van der Waals surface area contributed by atoms with E-state index in [2.05, 4.69) is 15.6 Å². The van der Waals surface area contributed by atoms with Crippen molar-refractivity contribution in [2.75, 3.05) is 11.9 Å². The molecule has 32 heavy (non-hydrogen) atoms. The van der Waals surface area contributed by atoms with Crippen molar-refractivity contribution in [2.45, 2.75) is 17.7 Å². The molecule has 3 aromatic rings. The summed E-state index contributed by atoms with van der Waals surface area (Å²) in [4.78, 5) is 28.5. The fourth-order valence-corrected chi connectivity index (χ4v) is 3.98. The Hall–Kier alpha value is -3.34. The average molecular weight is 471 g/mol. The first-order chi connectivity index (χ1) is 15.3. The molecule has 8 nitrogen and oxygen atoms in total. The number of aromatic nitrogens is 1. The van der Waals surface area contributed by atoms with Crippen LogP contribution in [-0.4, -0.2) is 31.8 Å². The molecule has 1 heterocycles. The Bertz CT molecular complexity index is 1200. The molecule has 0 saturated carbocycles. The monoisotopic (exact) mass is 470 g/mol. The maximum absolute atomic E-state index is 12.1. The summed E-state index contributed by atoms with van der Waals surface area (Å²) < 4.78 is 22.5. The van der Waals surface area contributed by atoms with Gasteiger partial charge in [0.2, 0.25) is 21.8 Å². The largest absolute Gasteiger partial charge is 0.355 e. The van der Waals surface area contributed by atoms with Crippen molar-refractivity contribution in [1.29, 1.82) is 0 Å². The minimum atomic E-state index is -3.72. The summed E-state index contributed by atoms with van der Waals surface area (Å²) in [5.41, 5.74) is 2.35. The molecule has 166 valence electrons. The number of nitrogens with zero attached hydrogens (tertiary/aromatic N) is 1. The van der Waals surface area contributed by atoms with E-state index in [-0.39, 0.29) is 23.1 Å². The van der Waals surface area contributed by atoms with Crippen molar-refractivity contribution in [2.24, 2.45) is 5.14 Å². The smallest absolute Gasteiger partial charge is 0.250 e. The lowest BCUT2D eigenvalue weighted by Crippen LogP contribution is -2.27. The average Bonchev–Trinajstić information content (AvgIpc) is 3.19. The number of hydrogen-bond donors (Lipinski definition) is 3. The molecule has 3 rings (SSSR count). The van der Waals surface area contributed by atoms with Gasteiger partial charge in [0.1, 0.15) is 0 Å². The molecule has 0 aliphatic rings. The van der Waals surface area contributed by atoms with Crippen molar-refractivity contribution in [3.05, 3.63) is 82.9 Å². The Kier molecular flexibility index (Phi) is 7.87. The second kappa shape index (κ2) is 10.8. The molecular formula is C22H22N4O4S2. The van der Waals surface area contributed by atoms with E-state index in [0.717, 1.165) is 11.1 Å². The standard InChI is InChI=1S/C22H22N4O4S2/c23-32(29,30)19-9-6-17(7-10-19)12-13-24-21(28)14-18-15-31-22(25-18)26-20(27)11-8-16-4-2-1-3-5-16/h1-11,15H,12-14H2,(H,24,28)(H2,23,29,30)(H,25,26,27)/b11-8+. The Balaban J connectivity index is 1.42. The summed E-state index contributed by atoms with van der Waals surface area (Å²) in [5, 5.41) is 12.7. The molecule has 0 aliphatic carbocycles. The second-order valence-electron chi connectivity index (χ2n) is 6.84. The zero-order valence-corrected chi connectivity index (χ0v) is 18.7. The summed E-state index contributed by atoms with van der Waals surface area (Å²) in [5.74, 6) is -0.494. The first-order valence-electron chi connectivity index (χ1n) is 9.66. The highest BCUT2D eigenvalue weighted by Crippen LogP contribution is 2.16. The van der Waals surface area contributed by atoms with Crippen LogP contribution in [0.2, 0.25) is 0 Å². The SMILES string of the molecule is NS(=O)(=O)c1ccc(CCNC(=O)Cc2csc(NC(=O)/C=C/c3ccccc3)n2)cc1. The summed E-state index contributed by atoms with van der Waals surface area (Å²) in [6, 6.07) is 15.7. The number of anilines is 1. The summed E-state index contributed by atoms with van der Waals surface area (Å²) >= 11 is 1.25. The lowest BCUT2D eigenvalue weighted by Gasteiger charge is -2.05. The van der Waals surface area contributed by atoms with Crippen molar-refractivity contribution in [1.82, 2.24) is 10.3 Å². The molecule has 1 aromatic heterocycles. The van der Waals surface area contributed by atoms with Gasteiger partial charge in [-0.2, -0.15) is 0 Å². The van der Waals surface area contributed by atoms with E-state index in [4.69, 9.17) is 5.14 Å². The third-order valence-corrected chi connectivity index (χ3v) is 6.07. The molecule has 2 aromatic carbocycles. The van der Waals surface area contributed by atoms with E-state index in [1.807, 2.05) is 30.3 Å². The third-order valence-electron chi connectivity index (χ3n) is 4.34. The maximum Gasteiger partial charge on any atom is 0.250 e. The van der Waals surface area contributed by atoms with E-state index in [0.29, 0.717) is 23.8 Å². The van der Waals surface area contributed by atoms with E-state index in [1.54, 1.807) is 23.6 Å². The first-order valence-corrected chi connectivity index (χ1v) is 12.1. The van der Waals surface area contributed by atoms with Crippen LogP contribution in [-0.2, 0) is 32.5 Å². The fourth-order valence-electron chi connectivity index (χ4n) is 2.75. The van der Waals surface area contributed by atoms with Gasteiger partial charge in [0, 0.05) is 18.0 Å². The van der Waals surface area contributed by atoms with Crippen LogP contribution >= 0.6 is 11.3 Å². The first kappa shape index (κ1) is 23.3. The predicted octanol–water partition coefficient (Wildman–Crippen LogP) is 2.34. The molecule has 4 N–H and O–H groups in total. The van der Waals surface area contributed by atoms with Crippen LogP contribution in [0.15, 0.2) is 70.9 Å². The zero-order chi connectivity index (χ0) is 23.0. The highest BCUT2D eigenvalue weighted by molar-refractivity contribution is 7.89. The topological polar surface area (TPSA) is 131 Å². The van der Waals surface area contributed by atoms with Gasteiger partial charge in [-0.1, -0.05) is 42.5 Å². The number of hydrogen-bond acceptors (Lipinski definition) is 6. The van der Waals surface area contributed by atoms with E-state index in [9.17, 15) is 18.0 Å². The fraction of sp³-hybridized carbons (Fsp3) is 0.136. The van der Waals surface area contributed by atoms with E-state index >= 15 is 0 Å². The molecule has 10 heteroatoms. The van der Waals surface area contributed by atoms with Gasteiger partial charge < -0.3 is 5.32 Å². The lowest BCUT2D eigenvalue weighted by atomic mass is 10.1. The van der Waals surface area contributed by atoms with E-state index in [1.165, 1.54) is 29.5 Å². The van der Waals surface area contributed by atoms with Crippen LogP contribution in [0, 0.1) is 0 Å². The van der Waals surface area contributed by atoms with Crippen LogP contribution in [0.1, 0.15) is 16.8 Å². The van der Waals surface area contributed by atoms with Gasteiger partial charge in [0.15, 0.2) is 5.13 Å². The molecule has 0 radical (unpaired) electrons. The molecule has 0 bridgehead atoms. The third kappa shape index (κ3) is 7.41. The molecule has 0 fully saturated rings. The number of rotatable bonds is 9. The Labute approximate surface area is 190 Å². The zero-order valence-electron chi connectivity index (χ0n) is 17.0. The van der Waals surface area contributed by atoms with Gasteiger partial charge in [-0.15, -0.1) is 11.3 Å². The summed E-state index contributed by atoms with van der Waals surface area (Å²) in [6.45, 7) is 0.394. The van der Waals surface area contributed by atoms with Gasteiger partial charge in [0.25, 0.3) is 0 Å². The molecule has 0 aliphatic heterocycles. The molecule has 0 saturated heterocycles. The normalized spacial score (nSPS) is 11.4. The minimum Gasteiger partial charge on any atom is -0.355 e. The van der Waals surface area contributed by atoms with Crippen molar-refractivity contribution >= 4 is 44.4 Å². The van der Waals surface area contributed by atoms with Gasteiger partial charge in [-0.05, 0) is 35.8 Å². The van der Waals surface area contributed by atoms with Crippen LogP contribution in [0.5, 0.6) is 0 Å². The van der Waals surface area contributed by atoms with Crippen LogP contribution < -0.4 is 15.8 Å². The summed E-state index contributed by atoms with van der Waals surface area (Å²) in [7, 11) is -3.72. The number of amides is 2. The predicted molar refractivity (Wildman–Crippen MR) is 124 cm³/mol. The Morgan fingerprint density at radius 1 is 1.06 bits per heavy atom. The molecule has 0 spiro atoms. The quantitative estimate of drug-likeness (QED) is 0.413. The van der Waals surface area contributed by atoms with Gasteiger partial charge in [0.05, 0.1) is 17.0 Å². The number of carbonyl (C=O) groups is 2. The summed E-state index contributed by atoms with van der Waals surface area (Å²) in [6.07, 6.45) is 3.78. The molecule has 0 unspecified atom stereocenters. The number of benzene rings is 2. The Morgan fingerprint density at radius 3 is 2.47 bits per heavy atom. The van der Waals surface area contributed by atoms with Crippen molar-refractivity contribution in [3.8, 4) is 0 Å². The van der Waals surface area contributed by atoms with Crippen LogP contribution in [0.4, 0.5) is 5.13 Å². The van der Waals surface area contributed by atoms with Crippen LogP contribution in [0.25, 0.3) is 6.08 Å². The van der Waals surface area contributed by atoms with Crippen molar-refractivity contribution in [3.63, 3.8) is 0 Å². The number of sulfonamides is 1. The lowest BCUT2D eigenvalue weighted by molar-refractivity contribution is -0.120. The van der Waals surface area contributed by atoms with E-state index < -0.39 is 10.0 Å².